The maximum Gasteiger partial charge on any atom is 0.326 e. The summed E-state index contributed by atoms with van der Waals surface area (Å²) in [5.41, 5.74) is 11.7. The van der Waals surface area contributed by atoms with E-state index in [1.165, 1.54) is 6.92 Å². The van der Waals surface area contributed by atoms with Gasteiger partial charge in [-0.2, -0.15) is 0 Å². The molecule has 9 N–H and O–H groups in total. The van der Waals surface area contributed by atoms with Crippen LogP contribution >= 0.6 is 0 Å². The van der Waals surface area contributed by atoms with Crippen molar-refractivity contribution in [3.05, 3.63) is 35.9 Å². The van der Waals surface area contributed by atoms with E-state index in [0.29, 0.717) is 0 Å². The molecule has 0 aliphatic rings. The van der Waals surface area contributed by atoms with E-state index in [1.807, 2.05) is 6.07 Å². The zero-order valence-electron chi connectivity index (χ0n) is 17.6. The number of nitrogens with two attached hydrogens (primary N) is 2. The molecule has 32 heavy (non-hydrogen) atoms. The first-order chi connectivity index (χ1) is 15.0. The Balaban J connectivity index is 2.62. The average Bonchev–Trinajstić information content (AvgIpc) is 2.74. The molecule has 12 heteroatoms. The van der Waals surface area contributed by atoms with E-state index in [0.717, 1.165) is 5.56 Å². The number of primary amides is 1. The summed E-state index contributed by atoms with van der Waals surface area (Å²) in [6.07, 6.45) is -0.251. The Labute approximate surface area is 184 Å². The fraction of sp³-hybridized carbons (Fsp3) is 0.450. The lowest BCUT2D eigenvalue weighted by molar-refractivity contribution is -0.142. The Hall–Kier alpha value is -3.51. The van der Waals surface area contributed by atoms with Gasteiger partial charge in [-0.1, -0.05) is 30.3 Å². The second-order valence-electron chi connectivity index (χ2n) is 7.17. The fourth-order valence-corrected chi connectivity index (χ4v) is 2.65. The van der Waals surface area contributed by atoms with Gasteiger partial charge in [0, 0.05) is 6.42 Å². The number of carboxylic acids is 1. The Bertz CT molecular complexity index is 818. The highest BCUT2D eigenvalue weighted by Crippen LogP contribution is 2.03. The van der Waals surface area contributed by atoms with Gasteiger partial charge in [-0.3, -0.25) is 19.2 Å². The quantitative estimate of drug-likeness (QED) is 0.168. The summed E-state index contributed by atoms with van der Waals surface area (Å²) in [6, 6.07) is 4.06. The molecule has 0 fully saturated rings. The number of aliphatic hydroxyl groups is 1. The molecule has 4 amide bonds. The van der Waals surface area contributed by atoms with Gasteiger partial charge in [0.05, 0.1) is 12.6 Å². The maximum atomic E-state index is 12.4. The molecule has 1 rings (SSSR count). The summed E-state index contributed by atoms with van der Waals surface area (Å²) < 4.78 is 0. The maximum absolute atomic E-state index is 12.4. The number of hydrogen-bond acceptors (Lipinski definition) is 7. The van der Waals surface area contributed by atoms with Gasteiger partial charge < -0.3 is 37.6 Å². The average molecular weight is 451 g/mol. The molecule has 4 atom stereocenters. The van der Waals surface area contributed by atoms with E-state index in [9.17, 15) is 29.1 Å². The molecule has 12 nitrogen and oxygen atoms in total. The molecular weight excluding hydrogens is 422 g/mol. The van der Waals surface area contributed by atoms with Gasteiger partial charge in [0.2, 0.25) is 23.6 Å². The first-order valence-corrected chi connectivity index (χ1v) is 9.87. The molecule has 0 heterocycles. The van der Waals surface area contributed by atoms with E-state index in [4.69, 9.17) is 16.6 Å². The molecule has 0 spiro atoms. The van der Waals surface area contributed by atoms with Crippen LogP contribution in [0.4, 0.5) is 0 Å². The van der Waals surface area contributed by atoms with Crippen molar-refractivity contribution in [2.24, 2.45) is 11.5 Å². The van der Waals surface area contributed by atoms with Crippen molar-refractivity contribution in [2.45, 2.75) is 50.4 Å². The van der Waals surface area contributed by atoms with E-state index in [2.05, 4.69) is 16.0 Å². The van der Waals surface area contributed by atoms with Crippen LogP contribution in [-0.2, 0) is 30.4 Å². The van der Waals surface area contributed by atoms with Gasteiger partial charge in [0.25, 0.3) is 0 Å². The Morgan fingerprint density at radius 1 is 0.938 bits per heavy atom. The molecule has 0 radical (unpaired) electrons. The highest BCUT2D eigenvalue weighted by molar-refractivity contribution is 5.94. The van der Waals surface area contributed by atoms with Crippen molar-refractivity contribution in [1.29, 1.82) is 0 Å². The smallest absolute Gasteiger partial charge is 0.326 e. The zero-order valence-corrected chi connectivity index (χ0v) is 17.6. The van der Waals surface area contributed by atoms with Crippen LogP contribution in [0.15, 0.2) is 30.3 Å². The third-order valence-electron chi connectivity index (χ3n) is 4.50. The number of carbonyl (C=O) groups excluding carboxylic acids is 4. The van der Waals surface area contributed by atoms with Gasteiger partial charge in [-0.05, 0) is 25.3 Å². The Kier molecular flexibility index (Phi) is 10.8. The number of nitrogens with one attached hydrogen (secondary N) is 3. The number of aliphatic hydroxyl groups excluding tert-OH is 1. The van der Waals surface area contributed by atoms with Crippen LogP contribution in [-0.4, -0.2) is 70.6 Å². The second-order valence-corrected chi connectivity index (χ2v) is 7.17. The minimum Gasteiger partial charge on any atom is -0.480 e. The lowest BCUT2D eigenvalue weighted by Gasteiger charge is -2.22. The van der Waals surface area contributed by atoms with Crippen LogP contribution in [0.3, 0.4) is 0 Å². The van der Waals surface area contributed by atoms with Crippen LogP contribution in [0.1, 0.15) is 25.3 Å². The molecule has 0 saturated heterocycles. The second kappa shape index (κ2) is 13.0. The van der Waals surface area contributed by atoms with Crippen molar-refractivity contribution in [1.82, 2.24) is 16.0 Å². The number of aliphatic carboxylic acids is 1. The lowest BCUT2D eigenvalue weighted by Crippen LogP contribution is -2.57. The predicted molar refractivity (Wildman–Crippen MR) is 113 cm³/mol. The molecule has 4 unspecified atom stereocenters. The standard InChI is InChI=1S/C20H29N5O7/c1-11(17(28)24-14(20(31)32)7-8-16(22)27)23-19(30)15(10-26)25-18(29)13(21)9-12-5-3-2-4-6-12/h2-6,11,13-15,26H,7-10,21H2,1H3,(H2,22,27)(H,23,30)(H,24,28)(H,25,29)(H,31,32). The molecule has 176 valence electrons. The Morgan fingerprint density at radius 2 is 1.53 bits per heavy atom. The molecule has 0 saturated carbocycles. The number of amides is 4. The number of carbonyl (C=O) groups is 5. The summed E-state index contributed by atoms with van der Waals surface area (Å²) in [5, 5.41) is 25.4. The van der Waals surface area contributed by atoms with Gasteiger partial charge in [0.15, 0.2) is 0 Å². The monoisotopic (exact) mass is 451 g/mol. The highest BCUT2D eigenvalue weighted by Gasteiger charge is 2.28. The number of rotatable bonds is 13. The minimum atomic E-state index is -1.38. The predicted octanol–water partition coefficient (Wildman–Crippen LogP) is -2.63. The zero-order chi connectivity index (χ0) is 24.3. The van der Waals surface area contributed by atoms with Gasteiger partial charge >= 0.3 is 5.97 Å². The van der Waals surface area contributed by atoms with Crippen molar-refractivity contribution < 1.29 is 34.2 Å². The molecule has 0 aliphatic carbocycles. The largest absolute Gasteiger partial charge is 0.480 e. The highest BCUT2D eigenvalue weighted by atomic mass is 16.4. The van der Waals surface area contributed by atoms with Crippen LogP contribution < -0.4 is 27.4 Å². The molecular formula is C20H29N5O7. The van der Waals surface area contributed by atoms with Crippen molar-refractivity contribution >= 4 is 29.6 Å². The van der Waals surface area contributed by atoms with E-state index in [-0.39, 0.29) is 19.3 Å². The fourth-order valence-electron chi connectivity index (χ4n) is 2.65. The van der Waals surface area contributed by atoms with Crippen molar-refractivity contribution in [3.63, 3.8) is 0 Å². The molecule has 1 aromatic rings. The van der Waals surface area contributed by atoms with Crippen LogP contribution in [0.2, 0.25) is 0 Å². The number of hydrogen-bond donors (Lipinski definition) is 7. The molecule has 0 bridgehead atoms. The summed E-state index contributed by atoms with van der Waals surface area (Å²) in [4.78, 5) is 58.9. The first-order valence-electron chi connectivity index (χ1n) is 9.87. The van der Waals surface area contributed by atoms with Gasteiger partial charge in [-0.25, -0.2) is 4.79 Å². The lowest BCUT2D eigenvalue weighted by atomic mass is 10.1. The van der Waals surface area contributed by atoms with E-state index in [1.54, 1.807) is 24.3 Å². The topological polar surface area (TPSA) is 214 Å². The molecule has 0 aromatic heterocycles. The van der Waals surface area contributed by atoms with Crippen LogP contribution in [0, 0.1) is 0 Å². The number of carboxylic acid groups (broad SMARTS) is 1. The third kappa shape index (κ3) is 9.10. The molecule has 0 aliphatic heterocycles. The summed E-state index contributed by atoms with van der Waals surface area (Å²) >= 11 is 0. The number of benzene rings is 1. The van der Waals surface area contributed by atoms with Gasteiger partial charge in [-0.15, -0.1) is 0 Å². The third-order valence-corrected chi connectivity index (χ3v) is 4.50. The van der Waals surface area contributed by atoms with E-state index < -0.39 is 60.4 Å². The SMILES string of the molecule is CC(NC(=O)C(CO)NC(=O)C(N)Cc1ccccc1)C(=O)NC(CCC(N)=O)C(=O)O. The Morgan fingerprint density at radius 3 is 2.06 bits per heavy atom. The molecule has 1 aromatic carbocycles. The van der Waals surface area contributed by atoms with Crippen LogP contribution in [0.5, 0.6) is 0 Å². The van der Waals surface area contributed by atoms with Crippen LogP contribution in [0.25, 0.3) is 0 Å². The summed E-state index contributed by atoms with van der Waals surface area (Å²) in [7, 11) is 0. The van der Waals surface area contributed by atoms with Crippen molar-refractivity contribution in [2.75, 3.05) is 6.61 Å². The van der Waals surface area contributed by atoms with Gasteiger partial charge in [0.1, 0.15) is 18.1 Å². The first kappa shape index (κ1) is 26.5. The summed E-state index contributed by atoms with van der Waals surface area (Å²) in [6.45, 7) is 0.540. The van der Waals surface area contributed by atoms with E-state index >= 15 is 0 Å². The van der Waals surface area contributed by atoms with Crippen molar-refractivity contribution in [3.8, 4) is 0 Å². The normalized spacial score (nSPS) is 14.3. The summed E-state index contributed by atoms with van der Waals surface area (Å²) in [5.74, 6) is -4.46. The minimum absolute atomic E-state index is 0.215.